The number of nitrogens with zero attached hydrogens (tertiary/aromatic N) is 1. The third kappa shape index (κ3) is 2.32. The highest BCUT2D eigenvalue weighted by atomic mass is 32.2. The van der Waals surface area contributed by atoms with Crippen molar-refractivity contribution in [2.24, 2.45) is 0 Å². The molecule has 1 amide bonds. The predicted molar refractivity (Wildman–Crippen MR) is 74.6 cm³/mol. The van der Waals surface area contributed by atoms with Crippen molar-refractivity contribution in [3.05, 3.63) is 29.8 Å². The maximum Gasteiger partial charge on any atom is 0.254 e. The van der Waals surface area contributed by atoms with Crippen LogP contribution in [0.15, 0.2) is 24.3 Å². The van der Waals surface area contributed by atoms with Crippen molar-refractivity contribution in [1.82, 2.24) is 4.90 Å². The van der Waals surface area contributed by atoms with Crippen molar-refractivity contribution in [3.63, 3.8) is 0 Å². The molecule has 0 saturated carbocycles. The summed E-state index contributed by atoms with van der Waals surface area (Å²) >= 11 is 1.92. The molecule has 3 rings (SSSR count). The summed E-state index contributed by atoms with van der Waals surface area (Å²) in [4.78, 5) is 14.1. The molecule has 1 unspecified atom stereocenters. The normalized spacial score (nSPS) is 24.5. The lowest BCUT2D eigenvalue weighted by molar-refractivity contribution is 0.0451. The largest absolute Gasteiger partial charge is 0.508 e. The lowest BCUT2D eigenvalue weighted by atomic mass is 9.92. The van der Waals surface area contributed by atoms with Crippen molar-refractivity contribution >= 4 is 17.7 Å². The molecule has 102 valence electrons. The maximum atomic E-state index is 12.2. The fraction of sp³-hybridized carbons (Fsp3) is 0.500. The summed E-state index contributed by atoms with van der Waals surface area (Å²) < 4.78 is 5.58. The number of hydrogen-bond acceptors (Lipinski definition) is 4. The Labute approximate surface area is 116 Å². The van der Waals surface area contributed by atoms with Crippen molar-refractivity contribution in [2.45, 2.75) is 17.3 Å². The number of carbonyl (C=O) groups excluding carboxylic acids is 1. The average Bonchev–Trinajstić information content (AvgIpc) is 2.80. The van der Waals surface area contributed by atoms with E-state index >= 15 is 0 Å². The van der Waals surface area contributed by atoms with E-state index < -0.39 is 0 Å². The Balaban J connectivity index is 1.63. The minimum absolute atomic E-state index is 0.00277. The Kier molecular flexibility index (Phi) is 3.19. The van der Waals surface area contributed by atoms with Gasteiger partial charge in [0.1, 0.15) is 5.75 Å². The van der Waals surface area contributed by atoms with E-state index in [1.807, 2.05) is 16.7 Å². The smallest absolute Gasteiger partial charge is 0.254 e. The standard InChI is InChI=1S/C14H17NO3S/c1-18-12-6-14(19-7-12)8-15(9-14)13(17)10-3-2-4-11(16)5-10/h2-5,12,16H,6-9H2,1H3. The van der Waals surface area contributed by atoms with E-state index in [9.17, 15) is 9.90 Å². The number of phenols is 1. The summed E-state index contributed by atoms with van der Waals surface area (Å²) in [5.41, 5.74) is 0.557. The molecule has 1 atom stereocenters. The van der Waals surface area contributed by atoms with Crippen LogP contribution in [0.25, 0.3) is 0 Å². The van der Waals surface area contributed by atoms with Crippen LogP contribution in [0, 0.1) is 0 Å². The summed E-state index contributed by atoms with van der Waals surface area (Å²) in [5.74, 6) is 1.16. The number of benzene rings is 1. The zero-order valence-electron chi connectivity index (χ0n) is 10.8. The number of hydrogen-bond donors (Lipinski definition) is 1. The molecular formula is C14H17NO3S. The van der Waals surface area contributed by atoms with E-state index in [0.29, 0.717) is 11.7 Å². The van der Waals surface area contributed by atoms with Gasteiger partial charge in [0, 0.05) is 31.5 Å². The molecule has 0 aromatic heterocycles. The first-order chi connectivity index (χ1) is 9.12. The second-order valence-electron chi connectivity index (χ2n) is 5.27. The molecule has 1 aromatic rings. The van der Waals surface area contributed by atoms with Gasteiger partial charge in [-0.05, 0) is 24.6 Å². The highest BCUT2D eigenvalue weighted by Crippen LogP contribution is 2.46. The number of amides is 1. The first-order valence-corrected chi connectivity index (χ1v) is 7.35. The average molecular weight is 279 g/mol. The lowest BCUT2D eigenvalue weighted by Gasteiger charge is -2.47. The quantitative estimate of drug-likeness (QED) is 0.896. The molecule has 2 aliphatic heterocycles. The molecule has 2 aliphatic rings. The number of aromatic hydroxyl groups is 1. The van der Waals surface area contributed by atoms with Crippen molar-refractivity contribution < 1.29 is 14.6 Å². The molecule has 5 heteroatoms. The van der Waals surface area contributed by atoms with Crippen LogP contribution in [-0.4, -0.2) is 52.7 Å². The summed E-state index contributed by atoms with van der Waals surface area (Å²) in [6.45, 7) is 1.57. The van der Waals surface area contributed by atoms with Gasteiger partial charge < -0.3 is 14.7 Å². The van der Waals surface area contributed by atoms with E-state index in [2.05, 4.69) is 0 Å². The first kappa shape index (κ1) is 12.8. The van der Waals surface area contributed by atoms with Crippen LogP contribution >= 0.6 is 11.8 Å². The van der Waals surface area contributed by atoms with Crippen molar-refractivity contribution in [1.29, 1.82) is 0 Å². The van der Waals surface area contributed by atoms with Crippen molar-refractivity contribution in [2.75, 3.05) is 26.0 Å². The second kappa shape index (κ2) is 4.72. The third-order valence-corrected chi connectivity index (χ3v) is 5.42. The number of rotatable bonds is 2. The van der Waals surface area contributed by atoms with Crippen LogP contribution in [0.3, 0.4) is 0 Å². The number of carbonyl (C=O) groups is 1. The highest BCUT2D eigenvalue weighted by Gasteiger charge is 2.50. The molecule has 0 bridgehead atoms. The minimum atomic E-state index is 0.00277. The Morgan fingerprint density at radius 1 is 1.53 bits per heavy atom. The van der Waals surface area contributed by atoms with E-state index in [1.165, 1.54) is 6.07 Å². The zero-order chi connectivity index (χ0) is 13.5. The first-order valence-electron chi connectivity index (χ1n) is 6.37. The number of phenolic OH excluding ortho intramolecular Hbond substituents is 1. The van der Waals surface area contributed by atoms with Gasteiger partial charge in [0.15, 0.2) is 0 Å². The second-order valence-corrected chi connectivity index (χ2v) is 6.76. The van der Waals surface area contributed by atoms with E-state index in [4.69, 9.17) is 4.74 Å². The topological polar surface area (TPSA) is 49.8 Å². The summed E-state index contributed by atoms with van der Waals surface area (Å²) in [6, 6.07) is 6.54. The zero-order valence-corrected chi connectivity index (χ0v) is 11.7. The summed E-state index contributed by atoms with van der Waals surface area (Å²) in [5, 5.41) is 9.41. The fourth-order valence-corrected chi connectivity index (χ4v) is 4.38. The van der Waals surface area contributed by atoms with Crippen LogP contribution in [0.2, 0.25) is 0 Å². The van der Waals surface area contributed by atoms with Crippen LogP contribution in [0.1, 0.15) is 16.8 Å². The van der Waals surface area contributed by atoms with E-state index in [-0.39, 0.29) is 16.4 Å². The maximum absolute atomic E-state index is 12.2. The highest BCUT2D eigenvalue weighted by molar-refractivity contribution is 8.01. The summed E-state index contributed by atoms with van der Waals surface area (Å²) in [7, 11) is 1.75. The Bertz CT molecular complexity index is 499. The lowest BCUT2D eigenvalue weighted by Crippen LogP contribution is -2.60. The molecule has 1 aromatic carbocycles. The van der Waals surface area contributed by atoms with Gasteiger partial charge in [0.2, 0.25) is 0 Å². The summed E-state index contributed by atoms with van der Waals surface area (Å²) in [6.07, 6.45) is 1.35. The van der Waals surface area contributed by atoms with Gasteiger partial charge in [-0.15, -0.1) is 11.8 Å². The molecule has 0 aliphatic carbocycles. The Hall–Kier alpha value is -1.20. The van der Waals surface area contributed by atoms with Crippen LogP contribution in [0.5, 0.6) is 5.75 Å². The number of likely N-dealkylation sites (tertiary alicyclic amines) is 1. The van der Waals surface area contributed by atoms with E-state index in [0.717, 1.165) is 25.3 Å². The van der Waals surface area contributed by atoms with Gasteiger partial charge >= 0.3 is 0 Å². The molecule has 1 spiro atoms. The van der Waals surface area contributed by atoms with Crippen molar-refractivity contribution in [3.8, 4) is 5.75 Å². The molecular weight excluding hydrogens is 262 g/mol. The van der Waals surface area contributed by atoms with Gasteiger partial charge in [-0.3, -0.25) is 4.79 Å². The Morgan fingerprint density at radius 3 is 2.95 bits per heavy atom. The number of thioether (sulfide) groups is 1. The van der Waals surface area contributed by atoms with Gasteiger partial charge in [0.05, 0.1) is 10.9 Å². The monoisotopic (exact) mass is 279 g/mol. The molecule has 2 fully saturated rings. The molecule has 4 nitrogen and oxygen atoms in total. The molecule has 1 N–H and O–H groups in total. The van der Waals surface area contributed by atoms with E-state index in [1.54, 1.807) is 25.3 Å². The van der Waals surface area contributed by atoms with Gasteiger partial charge in [-0.2, -0.15) is 0 Å². The SMILES string of the molecule is COC1CSC2(C1)CN(C(=O)c1cccc(O)c1)C2. The molecule has 2 saturated heterocycles. The third-order valence-electron chi connectivity index (χ3n) is 3.85. The van der Waals surface area contributed by atoms with Crippen LogP contribution in [-0.2, 0) is 4.74 Å². The van der Waals surface area contributed by atoms with Gasteiger partial charge in [0.25, 0.3) is 5.91 Å². The van der Waals surface area contributed by atoms with Crippen LogP contribution in [0.4, 0.5) is 0 Å². The molecule has 0 radical (unpaired) electrons. The van der Waals surface area contributed by atoms with Gasteiger partial charge in [-0.1, -0.05) is 6.07 Å². The predicted octanol–water partition coefficient (Wildman–Crippen LogP) is 1.74. The minimum Gasteiger partial charge on any atom is -0.508 e. The molecule has 19 heavy (non-hydrogen) atoms. The fourth-order valence-electron chi connectivity index (χ4n) is 2.79. The number of methoxy groups -OCH3 is 1. The molecule has 2 heterocycles. The Morgan fingerprint density at radius 2 is 2.32 bits per heavy atom. The number of ether oxygens (including phenoxy) is 1. The van der Waals surface area contributed by atoms with Gasteiger partial charge in [-0.25, -0.2) is 0 Å². The van der Waals surface area contributed by atoms with Crippen LogP contribution < -0.4 is 0 Å².